The van der Waals surface area contributed by atoms with Gasteiger partial charge in [-0.15, -0.1) is 0 Å². The largest absolute Gasteiger partial charge is 0.356 e. The molecule has 6 nitrogen and oxygen atoms in total. The summed E-state index contributed by atoms with van der Waals surface area (Å²) in [5, 5.41) is 10.9. The summed E-state index contributed by atoms with van der Waals surface area (Å²) in [6.07, 6.45) is 0.546. The molecular weight excluding hydrogens is 369 g/mol. The zero-order valence-corrected chi connectivity index (χ0v) is 15.5. The number of guanidine groups is 1. The molecule has 0 spiro atoms. The number of halogens is 2. The SMILES string of the molecule is CN=C(NCCc1nc(-c2cccc(Cl)c2)no1)NCc1ccc(F)cc1. The molecule has 27 heavy (non-hydrogen) atoms. The molecule has 0 saturated heterocycles. The van der Waals surface area contributed by atoms with Crippen molar-refractivity contribution in [3.8, 4) is 11.4 Å². The summed E-state index contributed by atoms with van der Waals surface area (Å²) in [7, 11) is 1.68. The molecule has 1 aromatic heterocycles. The monoisotopic (exact) mass is 387 g/mol. The van der Waals surface area contributed by atoms with Gasteiger partial charge in [0.1, 0.15) is 5.82 Å². The van der Waals surface area contributed by atoms with E-state index in [9.17, 15) is 4.39 Å². The van der Waals surface area contributed by atoms with Gasteiger partial charge in [-0.2, -0.15) is 4.98 Å². The molecule has 0 amide bonds. The minimum absolute atomic E-state index is 0.252. The molecule has 0 aliphatic heterocycles. The van der Waals surface area contributed by atoms with Crippen molar-refractivity contribution in [2.75, 3.05) is 13.6 Å². The van der Waals surface area contributed by atoms with E-state index in [-0.39, 0.29) is 5.82 Å². The number of aromatic nitrogens is 2. The smallest absolute Gasteiger partial charge is 0.228 e. The Morgan fingerprint density at radius 1 is 1.19 bits per heavy atom. The summed E-state index contributed by atoms with van der Waals surface area (Å²) in [5.74, 6) is 1.41. The highest BCUT2D eigenvalue weighted by Crippen LogP contribution is 2.19. The highest BCUT2D eigenvalue weighted by atomic mass is 35.5. The van der Waals surface area contributed by atoms with Crippen LogP contribution in [-0.2, 0) is 13.0 Å². The van der Waals surface area contributed by atoms with Crippen LogP contribution in [0.3, 0.4) is 0 Å². The predicted molar refractivity (Wildman–Crippen MR) is 103 cm³/mol. The lowest BCUT2D eigenvalue weighted by atomic mass is 10.2. The van der Waals surface area contributed by atoms with Gasteiger partial charge in [0.15, 0.2) is 5.96 Å². The fourth-order valence-electron chi connectivity index (χ4n) is 2.40. The molecular formula is C19H19ClFN5O. The van der Waals surface area contributed by atoms with Gasteiger partial charge in [0.25, 0.3) is 0 Å². The lowest BCUT2D eigenvalue weighted by molar-refractivity contribution is 0.378. The first kappa shape index (κ1) is 18.8. The lowest BCUT2D eigenvalue weighted by Gasteiger charge is -2.11. The zero-order valence-electron chi connectivity index (χ0n) is 14.7. The van der Waals surface area contributed by atoms with Gasteiger partial charge in [-0.1, -0.05) is 41.0 Å². The highest BCUT2D eigenvalue weighted by molar-refractivity contribution is 6.30. The molecule has 2 N–H and O–H groups in total. The Kier molecular flexibility index (Phi) is 6.38. The molecule has 0 atom stereocenters. The molecule has 3 rings (SSSR count). The van der Waals surface area contributed by atoms with Crippen LogP contribution >= 0.6 is 11.6 Å². The average molecular weight is 388 g/mol. The minimum atomic E-state index is -0.252. The second-order valence-electron chi connectivity index (χ2n) is 5.75. The van der Waals surface area contributed by atoms with E-state index in [1.54, 1.807) is 31.3 Å². The number of benzene rings is 2. The molecule has 0 radical (unpaired) electrons. The molecule has 0 aliphatic rings. The summed E-state index contributed by atoms with van der Waals surface area (Å²) >= 11 is 5.98. The van der Waals surface area contributed by atoms with Gasteiger partial charge in [0.05, 0.1) is 0 Å². The Morgan fingerprint density at radius 2 is 2.00 bits per heavy atom. The topological polar surface area (TPSA) is 75.3 Å². The molecule has 140 valence electrons. The van der Waals surface area contributed by atoms with Crippen LogP contribution in [0.2, 0.25) is 5.02 Å². The molecule has 3 aromatic rings. The van der Waals surface area contributed by atoms with E-state index in [4.69, 9.17) is 16.1 Å². The third-order valence-corrected chi connectivity index (χ3v) is 4.01. The van der Waals surface area contributed by atoms with E-state index in [1.165, 1.54) is 12.1 Å². The van der Waals surface area contributed by atoms with Crippen LogP contribution in [0.1, 0.15) is 11.5 Å². The van der Waals surface area contributed by atoms with Crippen molar-refractivity contribution in [3.63, 3.8) is 0 Å². The van der Waals surface area contributed by atoms with Gasteiger partial charge in [-0.3, -0.25) is 4.99 Å². The van der Waals surface area contributed by atoms with Crippen LogP contribution in [0.4, 0.5) is 4.39 Å². The summed E-state index contributed by atoms with van der Waals surface area (Å²) in [4.78, 5) is 8.53. The average Bonchev–Trinajstić information content (AvgIpc) is 3.15. The normalized spacial score (nSPS) is 11.4. The summed E-state index contributed by atoms with van der Waals surface area (Å²) in [5.41, 5.74) is 1.77. The Hall–Kier alpha value is -2.93. The molecule has 8 heteroatoms. The Labute approximate surface area is 161 Å². The second kappa shape index (κ2) is 9.14. The molecule has 0 aliphatic carbocycles. The minimum Gasteiger partial charge on any atom is -0.356 e. The maximum absolute atomic E-state index is 12.9. The number of nitrogens with one attached hydrogen (secondary N) is 2. The van der Waals surface area contributed by atoms with Crippen LogP contribution in [0.25, 0.3) is 11.4 Å². The predicted octanol–water partition coefficient (Wildman–Crippen LogP) is 3.44. The van der Waals surface area contributed by atoms with Gasteiger partial charge >= 0.3 is 0 Å². The summed E-state index contributed by atoms with van der Waals surface area (Å²) in [6.45, 7) is 1.11. The maximum atomic E-state index is 12.9. The van der Waals surface area contributed by atoms with E-state index in [0.29, 0.717) is 42.2 Å². The van der Waals surface area contributed by atoms with Crippen molar-refractivity contribution >= 4 is 17.6 Å². The number of nitrogens with zero attached hydrogens (tertiary/aromatic N) is 3. The van der Waals surface area contributed by atoms with E-state index in [1.807, 2.05) is 12.1 Å². The van der Waals surface area contributed by atoms with Crippen LogP contribution in [0.5, 0.6) is 0 Å². The van der Waals surface area contributed by atoms with Gasteiger partial charge in [-0.05, 0) is 29.8 Å². The fraction of sp³-hybridized carbons (Fsp3) is 0.211. The lowest BCUT2D eigenvalue weighted by Crippen LogP contribution is -2.37. The highest BCUT2D eigenvalue weighted by Gasteiger charge is 2.09. The molecule has 0 fully saturated rings. The summed E-state index contributed by atoms with van der Waals surface area (Å²) in [6, 6.07) is 13.6. The fourth-order valence-corrected chi connectivity index (χ4v) is 2.59. The van der Waals surface area contributed by atoms with Crippen molar-refractivity contribution in [3.05, 3.63) is 70.8 Å². The van der Waals surface area contributed by atoms with Gasteiger partial charge in [0, 0.05) is 37.1 Å². The Bertz CT molecular complexity index is 910. The van der Waals surface area contributed by atoms with Crippen molar-refractivity contribution in [1.29, 1.82) is 0 Å². The second-order valence-corrected chi connectivity index (χ2v) is 6.19. The molecule has 0 saturated carbocycles. The van der Waals surface area contributed by atoms with Crippen LogP contribution < -0.4 is 10.6 Å². The molecule has 0 unspecified atom stereocenters. The zero-order chi connectivity index (χ0) is 19.1. The third kappa shape index (κ3) is 5.52. The van der Waals surface area contributed by atoms with Crippen molar-refractivity contribution in [2.24, 2.45) is 4.99 Å². The van der Waals surface area contributed by atoms with E-state index in [2.05, 4.69) is 25.8 Å². The molecule has 2 aromatic carbocycles. The standard InChI is InChI=1S/C19H19ClFN5O/c1-22-19(24-12-13-5-7-16(21)8-6-13)23-10-9-17-25-18(26-27-17)14-3-2-4-15(20)11-14/h2-8,11H,9-10,12H2,1H3,(H2,22,23,24). The third-order valence-electron chi connectivity index (χ3n) is 3.78. The number of rotatable bonds is 6. The number of aliphatic imine (C=N–C) groups is 1. The van der Waals surface area contributed by atoms with E-state index < -0.39 is 0 Å². The van der Waals surface area contributed by atoms with Crippen molar-refractivity contribution < 1.29 is 8.91 Å². The first-order chi connectivity index (χ1) is 13.1. The Balaban J connectivity index is 1.47. The van der Waals surface area contributed by atoms with Gasteiger partial charge < -0.3 is 15.2 Å². The first-order valence-corrected chi connectivity index (χ1v) is 8.79. The van der Waals surface area contributed by atoms with E-state index >= 15 is 0 Å². The van der Waals surface area contributed by atoms with Crippen molar-refractivity contribution in [2.45, 2.75) is 13.0 Å². The van der Waals surface area contributed by atoms with Crippen molar-refractivity contribution in [1.82, 2.24) is 20.8 Å². The maximum Gasteiger partial charge on any atom is 0.228 e. The number of hydrogen-bond acceptors (Lipinski definition) is 4. The molecule has 0 bridgehead atoms. The van der Waals surface area contributed by atoms with Gasteiger partial charge in [0.2, 0.25) is 11.7 Å². The van der Waals surface area contributed by atoms with Crippen LogP contribution in [0.15, 0.2) is 58.0 Å². The quantitative estimate of drug-likeness (QED) is 0.500. The summed E-state index contributed by atoms with van der Waals surface area (Å²) < 4.78 is 18.2. The number of hydrogen-bond donors (Lipinski definition) is 2. The van der Waals surface area contributed by atoms with Crippen LogP contribution in [0, 0.1) is 5.82 Å². The van der Waals surface area contributed by atoms with Crippen LogP contribution in [-0.4, -0.2) is 29.7 Å². The Morgan fingerprint density at radius 3 is 2.74 bits per heavy atom. The first-order valence-electron chi connectivity index (χ1n) is 8.41. The van der Waals surface area contributed by atoms with E-state index in [0.717, 1.165) is 11.1 Å². The molecule has 1 heterocycles. The van der Waals surface area contributed by atoms with Gasteiger partial charge in [-0.25, -0.2) is 4.39 Å².